The molecule has 0 saturated heterocycles. The van der Waals surface area contributed by atoms with Gasteiger partial charge in [0.05, 0.1) is 7.11 Å². The Hall–Kier alpha value is -2.46. The SMILES string of the molecule is COc1cc2cc(C)cc(-c3cc4ccccc4s3)c2nn1. The number of hydrogen-bond donors (Lipinski definition) is 0. The minimum atomic E-state index is 0.542. The zero-order chi connectivity index (χ0) is 15.1. The molecular weight excluding hydrogens is 292 g/mol. The fourth-order valence-corrected chi connectivity index (χ4v) is 3.77. The van der Waals surface area contributed by atoms with Crippen LogP contribution in [0.25, 0.3) is 31.4 Å². The quantitative estimate of drug-likeness (QED) is 0.532. The second-order valence-electron chi connectivity index (χ2n) is 5.29. The summed E-state index contributed by atoms with van der Waals surface area (Å²) in [6.07, 6.45) is 0. The highest BCUT2D eigenvalue weighted by Crippen LogP contribution is 2.37. The molecule has 3 nitrogen and oxygen atoms in total. The molecule has 0 amide bonds. The van der Waals surface area contributed by atoms with E-state index in [2.05, 4.69) is 59.6 Å². The Balaban J connectivity index is 2.00. The lowest BCUT2D eigenvalue weighted by Gasteiger charge is -2.06. The smallest absolute Gasteiger partial charge is 0.233 e. The molecule has 22 heavy (non-hydrogen) atoms. The lowest BCUT2D eigenvalue weighted by molar-refractivity contribution is 0.393. The summed E-state index contributed by atoms with van der Waals surface area (Å²) in [5.74, 6) is 0.542. The van der Waals surface area contributed by atoms with Gasteiger partial charge in [0.25, 0.3) is 0 Å². The summed E-state index contributed by atoms with van der Waals surface area (Å²) in [6.45, 7) is 2.10. The van der Waals surface area contributed by atoms with E-state index in [1.54, 1.807) is 18.4 Å². The summed E-state index contributed by atoms with van der Waals surface area (Å²) in [7, 11) is 1.61. The van der Waals surface area contributed by atoms with Crippen molar-refractivity contribution in [3.05, 3.63) is 54.1 Å². The summed E-state index contributed by atoms with van der Waals surface area (Å²) in [6, 6.07) is 16.9. The molecule has 0 fully saturated rings. The van der Waals surface area contributed by atoms with Crippen LogP contribution in [-0.4, -0.2) is 17.3 Å². The van der Waals surface area contributed by atoms with Crippen molar-refractivity contribution in [2.45, 2.75) is 6.92 Å². The third kappa shape index (κ3) is 2.12. The van der Waals surface area contributed by atoms with Crippen molar-refractivity contribution in [1.82, 2.24) is 10.2 Å². The van der Waals surface area contributed by atoms with Gasteiger partial charge >= 0.3 is 0 Å². The third-order valence-corrected chi connectivity index (χ3v) is 4.86. The van der Waals surface area contributed by atoms with Crippen molar-refractivity contribution in [2.24, 2.45) is 0 Å². The molecular formula is C18H14N2OS. The number of aromatic nitrogens is 2. The average molecular weight is 306 g/mol. The van der Waals surface area contributed by atoms with Crippen LogP contribution in [0.5, 0.6) is 5.88 Å². The Morgan fingerprint density at radius 3 is 2.64 bits per heavy atom. The van der Waals surface area contributed by atoms with E-state index >= 15 is 0 Å². The Kier molecular flexibility index (Phi) is 3.05. The fraction of sp³-hybridized carbons (Fsp3) is 0.111. The molecule has 4 aromatic rings. The normalized spacial score (nSPS) is 11.2. The minimum absolute atomic E-state index is 0.542. The third-order valence-electron chi connectivity index (χ3n) is 3.71. The molecule has 0 saturated carbocycles. The van der Waals surface area contributed by atoms with E-state index in [1.165, 1.54) is 20.5 Å². The molecule has 0 spiro atoms. The molecule has 0 aliphatic rings. The van der Waals surface area contributed by atoms with E-state index in [1.807, 2.05) is 6.07 Å². The minimum Gasteiger partial charge on any atom is -0.480 e. The molecule has 4 rings (SSSR count). The second-order valence-corrected chi connectivity index (χ2v) is 6.37. The molecule has 2 heterocycles. The van der Waals surface area contributed by atoms with Gasteiger partial charge in [0.1, 0.15) is 5.52 Å². The maximum atomic E-state index is 5.18. The first kappa shape index (κ1) is 13.2. The number of thiophene rings is 1. The van der Waals surface area contributed by atoms with Gasteiger partial charge in [-0.2, -0.15) is 0 Å². The standard InChI is InChI=1S/C18H14N2OS/c1-11-7-13-10-17(21-2)19-20-18(13)14(8-11)16-9-12-5-3-4-6-15(12)22-16/h3-10H,1-2H3. The van der Waals surface area contributed by atoms with Crippen LogP contribution in [-0.2, 0) is 0 Å². The number of hydrogen-bond acceptors (Lipinski definition) is 4. The van der Waals surface area contributed by atoms with Crippen LogP contribution in [0.15, 0.2) is 48.5 Å². The van der Waals surface area contributed by atoms with Gasteiger partial charge in [0.15, 0.2) is 0 Å². The highest BCUT2D eigenvalue weighted by Gasteiger charge is 2.11. The Morgan fingerprint density at radius 2 is 1.82 bits per heavy atom. The van der Waals surface area contributed by atoms with Crippen molar-refractivity contribution in [2.75, 3.05) is 7.11 Å². The molecule has 0 N–H and O–H groups in total. The molecule has 0 aliphatic carbocycles. The zero-order valence-electron chi connectivity index (χ0n) is 12.3. The summed E-state index contributed by atoms with van der Waals surface area (Å²) >= 11 is 1.78. The maximum Gasteiger partial charge on any atom is 0.233 e. The van der Waals surface area contributed by atoms with Crippen molar-refractivity contribution in [3.63, 3.8) is 0 Å². The summed E-state index contributed by atoms with van der Waals surface area (Å²) in [5, 5.41) is 10.8. The molecule has 2 aromatic heterocycles. The largest absolute Gasteiger partial charge is 0.480 e. The van der Waals surface area contributed by atoms with Gasteiger partial charge in [-0.05, 0) is 42.1 Å². The van der Waals surface area contributed by atoms with Crippen molar-refractivity contribution in [3.8, 4) is 16.3 Å². The second kappa shape index (κ2) is 5.07. The highest BCUT2D eigenvalue weighted by molar-refractivity contribution is 7.22. The van der Waals surface area contributed by atoms with Crippen LogP contribution < -0.4 is 4.74 Å². The molecule has 0 radical (unpaired) electrons. The van der Waals surface area contributed by atoms with E-state index in [9.17, 15) is 0 Å². The molecule has 0 aliphatic heterocycles. The number of benzene rings is 2. The van der Waals surface area contributed by atoms with Crippen molar-refractivity contribution in [1.29, 1.82) is 0 Å². The highest BCUT2D eigenvalue weighted by atomic mass is 32.1. The Morgan fingerprint density at radius 1 is 0.955 bits per heavy atom. The number of ether oxygens (including phenoxy) is 1. The summed E-state index contributed by atoms with van der Waals surface area (Å²) < 4.78 is 6.47. The van der Waals surface area contributed by atoms with E-state index in [0.29, 0.717) is 5.88 Å². The molecule has 4 heteroatoms. The van der Waals surface area contributed by atoms with Crippen LogP contribution in [0.1, 0.15) is 5.56 Å². The van der Waals surface area contributed by atoms with Crippen LogP contribution >= 0.6 is 11.3 Å². The summed E-state index contributed by atoms with van der Waals surface area (Å²) in [5.41, 5.74) is 3.25. The van der Waals surface area contributed by atoms with Gasteiger partial charge in [0.2, 0.25) is 5.88 Å². The lowest BCUT2D eigenvalue weighted by atomic mass is 10.0. The topological polar surface area (TPSA) is 35.0 Å². The van der Waals surface area contributed by atoms with Crippen LogP contribution in [0.2, 0.25) is 0 Å². The predicted molar refractivity (Wildman–Crippen MR) is 91.6 cm³/mol. The fourth-order valence-electron chi connectivity index (χ4n) is 2.69. The number of aryl methyl sites for hydroxylation is 1. The van der Waals surface area contributed by atoms with Gasteiger partial charge in [-0.25, -0.2) is 0 Å². The van der Waals surface area contributed by atoms with Gasteiger partial charge in [-0.1, -0.05) is 18.2 Å². The Labute approximate surface area is 132 Å². The zero-order valence-corrected chi connectivity index (χ0v) is 13.1. The van der Waals surface area contributed by atoms with Crippen molar-refractivity contribution < 1.29 is 4.74 Å². The molecule has 0 atom stereocenters. The monoisotopic (exact) mass is 306 g/mol. The van der Waals surface area contributed by atoms with Crippen molar-refractivity contribution >= 4 is 32.3 Å². The molecule has 2 aromatic carbocycles. The number of rotatable bonds is 2. The van der Waals surface area contributed by atoms with Gasteiger partial charge < -0.3 is 4.74 Å². The van der Waals surface area contributed by atoms with E-state index in [4.69, 9.17) is 4.74 Å². The molecule has 0 unspecified atom stereocenters. The average Bonchev–Trinajstić information content (AvgIpc) is 2.97. The first-order valence-corrected chi connectivity index (χ1v) is 7.87. The lowest BCUT2D eigenvalue weighted by Crippen LogP contribution is -1.93. The first-order valence-electron chi connectivity index (χ1n) is 7.05. The maximum absolute atomic E-state index is 5.18. The van der Waals surface area contributed by atoms with Gasteiger partial charge in [-0.3, -0.25) is 0 Å². The number of methoxy groups -OCH3 is 1. The van der Waals surface area contributed by atoms with Crippen LogP contribution in [0, 0.1) is 6.92 Å². The van der Waals surface area contributed by atoms with Gasteiger partial charge in [-0.15, -0.1) is 21.5 Å². The van der Waals surface area contributed by atoms with E-state index in [-0.39, 0.29) is 0 Å². The number of nitrogens with zero attached hydrogens (tertiary/aromatic N) is 2. The van der Waals surface area contributed by atoms with Gasteiger partial charge in [0, 0.05) is 26.6 Å². The van der Waals surface area contributed by atoms with E-state index in [0.717, 1.165) is 16.5 Å². The molecule has 108 valence electrons. The predicted octanol–water partition coefficient (Wildman–Crippen LogP) is 4.83. The summed E-state index contributed by atoms with van der Waals surface area (Å²) in [4.78, 5) is 1.22. The van der Waals surface area contributed by atoms with Crippen LogP contribution in [0.4, 0.5) is 0 Å². The Bertz CT molecular complexity index is 958. The number of fused-ring (bicyclic) bond motifs is 2. The van der Waals surface area contributed by atoms with Crippen LogP contribution in [0.3, 0.4) is 0 Å². The van der Waals surface area contributed by atoms with E-state index < -0.39 is 0 Å². The molecule has 0 bridgehead atoms. The first-order chi connectivity index (χ1) is 10.7.